The SMILES string of the molecule is NC1CCC=C/C1=C/C=C/N1CCC1. The smallest absolute Gasteiger partial charge is 0.0297 e. The summed E-state index contributed by atoms with van der Waals surface area (Å²) in [7, 11) is 0. The van der Waals surface area contributed by atoms with Crippen molar-refractivity contribution in [1.29, 1.82) is 0 Å². The van der Waals surface area contributed by atoms with Crippen molar-refractivity contribution in [3.8, 4) is 0 Å². The molecular weight excluding hydrogens is 172 g/mol. The first-order chi connectivity index (χ1) is 6.86. The number of hydrogen-bond donors (Lipinski definition) is 1. The van der Waals surface area contributed by atoms with E-state index < -0.39 is 0 Å². The molecule has 76 valence electrons. The summed E-state index contributed by atoms with van der Waals surface area (Å²) in [5.74, 6) is 0. The summed E-state index contributed by atoms with van der Waals surface area (Å²) < 4.78 is 0. The summed E-state index contributed by atoms with van der Waals surface area (Å²) in [5.41, 5.74) is 7.23. The van der Waals surface area contributed by atoms with Crippen molar-refractivity contribution in [2.75, 3.05) is 13.1 Å². The Morgan fingerprint density at radius 3 is 2.93 bits per heavy atom. The van der Waals surface area contributed by atoms with Gasteiger partial charge in [0.05, 0.1) is 0 Å². The van der Waals surface area contributed by atoms with Crippen LogP contribution in [0.1, 0.15) is 19.3 Å². The van der Waals surface area contributed by atoms with Crippen LogP contribution in [0.4, 0.5) is 0 Å². The molecule has 1 aliphatic carbocycles. The van der Waals surface area contributed by atoms with Crippen LogP contribution in [0.3, 0.4) is 0 Å². The minimum atomic E-state index is 0.237. The van der Waals surface area contributed by atoms with Gasteiger partial charge in [-0.15, -0.1) is 0 Å². The second-order valence-electron chi connectivity index (χ2n) is 3.98. The highest BCUT2D eigenvalue weighted by Crippen LogP contribution is 2.15. The lowest BCUT2D eigenvalue weighted by molar-refractivity contribution is 0.264. The predicted octanol–water partition coefficient (Wildman–Crippen LogP) is 1.81. The average Bonchev–Trinajstić information content (AvgIpc) is 2.12. The van der Waals surface area contributed by atoms with Crippen LogP contribution in [0.2, 0.25) is 0 Å². The Balaban J connectivity index is 1.91. The van der Waals surface area contributed by atoms with E-state index in [0.717, 1.165) is 12.8 Å². The van der Waals surface area contributed by atoms with Crippen molar-refractivity contribution in [3.05, 3.63) is 36.1 Å². The summed E-state index contributed by atoms with van der Waals surface area (Å²) in [6.45, 7) is 2.42. The zero-order valence-corrected chi connectivity index (χ0v) is 8.52. The summed E-state index contributed by atoms with van der Waals surface area (Å²) in [6, 6.07) is 0.237. The average molecular weight is 190 g/mol. The Kier molecular flexibility index (Phi) is 3.04. The Labute approximate surface area is 85.8 Å². The lowest BCUT2D eigenvalue weighted by Gasteiger charge is -2.29. The van der Waals surface area contributed by atoms with Gasteiger partial charge in [-0.2, -0.15) is 0 Å². The molecule has 0 radical (unpaired) electrons. The third-order valence-electron chi connectivity index (χ3n) is 2.86. The molecule has 2 rings (SSSR count). The molecule has 14 heavy (non-hydrogen) atoms. The van der Waals surface area contributed by atoms with E-state index >= 15 is 0 Å². The summed E-state index contributed by atoms with van der Waals surface area (Å²) in [4.78, 5) is 2.31. The molecule has 1 saturated heterocycles. The minimum Gasteiger partial charge on any atom is -0.377 e. The molecule has 0 spiro atoms. The Hall–Kier alpha value is -1.02. The third-order valence-corrected chi connectivity index (χ3v) is 2.86. The van der Waals surface area contributed by atoms with Gasteiger partial charge in [0.2, 0.25) is 0 Å². The predicted molar refractivity (Wildman–Crippen MR) is 59.8 cm³/mol. The molecule has 1 aliphatic heterocycles. The maximum atomic E-state index is 5.98. The van der Waals surface area contributed by atoms with Crippen molar-refractivity contribution in [1.82, 2.24) is 4.90 Å². The Morgan fingerprint density at radius 1 is 1.43 bits per heavy atom. The van der Waals surface area contributed by atoms with Crippen molar-refractivity contribution >= 4 is 0 Å². The highest BCUT2D eigenvalue weighted by Gasteiger charge is 2.09. The molecule has 1 unspecified atom stereocenters. The Morgan fingerprint density at radius 2 is 2.29 bits per heavy atom. The zero-order valence-electron chi connectivity index (χ0n) is 8.52. The van der Waals surface area contributed by atoms with Gasteiger partial charge in [0.25, 0.3) is 0 Å². The molecular formula is C12H18N2. The molecule has 1 atom stereocenters. The number of allylic oxidation sites excluding steroid dienone is 3. The van der Waals surface area contributed by atoms with E-state index in [9.17, 15) is 0 Å². The van der Waals surface area contributed by atoms with Crippen LogP contribution in [0.5, 0.6) is 0 Å². The molecule has 0 amide bonds. The van der Waals surface area contributed by atoms with E-state index in [1.54, 1.807) is 0 Å². The summed E-state index contributed by atoms with van der Waals surface area (Å²) in [5, 5.41) is 0. The largest absolute Gasteiger partial charge is 0.377 e. The molecule has 2 aliphatic rings. The van der Waals surface area contributed by atoms with Gasteiger partial charge in [0.15, 0.2) is 0 Å². The van der Waals surface area contributed by atoms with Crippen LogP contribution in [0, 0.1) is 0 Å². The van der Waals surface area contributed by atoms with Gasteiger partial charge in [-0.1, -0.05) is 18.2 Å². The fraction of sp³-hybridized carbons (Fsp3) is 0.500. The van der Waals surface area contributed by atoms with E-state index in [2.05, 4.69) is 35.4 Å². The molecule has 0 aromatic carbocycles. The van der Waals surface area contributed by atoms with E-state index in [-0.39, 0.29) is 6.04 Å². The van der Waals surface area contributed by atoms with E-state index in [1.165, 1.54) is 25.1 Å². The quantitative estimate of drug-likeness (QED) is 0.719. The van der Waals surface area contributed by atoms with Crippen LogP contribution in [-0.2, 0) is 0 Å². The molecule has 2 nitrogen and oxygen atoms in total. The fourth-order valence-electron chi connectivity index (χ4n) is 1.73. The molecule has 2 N–H and O–H groups in total. The maximum Gasteiger partial charge on any atom is 0.0297 e. The highest BCUT2D eigenvalue weighted by atomic mass is 15.1. The Bertz CT molecular complexity index is 272. The van der Waals surface area contributed by atoms with Crippen LogP contribution in [-0.4, -0.2) is 24.0 Å². The van der Waals surface area contributed by atoms with Gasteiger partial charge in [0, 0.05) is 19.1 Å². The van der Waals surface area contributed by atoms with Gasteiger partial charge in [-0.25, -0.2) is 0 Å². The van der Waals surface area contributed by atoms with E-state index in [1.807, 2.05) is 0 Å². The van der Waals surface area contributed by atoms with Gasteiger partial charge >= 0.3 is 0 Å². The molecule has 1 heterocycles. The highest BCUT2D eigenvalue weighted by molar-refractivity contribution is 5.30. The molecule has 0 aromatic rings. The monoisotopic (exact) mass is 190 g/mol. The van der Waals surface area contributed by atoms with Gasteiger partial charge < -0.3 is 10.6 Å². The van der Waals surface area contributed by atoms with E-state index in [0.29, 0.717) is 0 Å². The first-order valence-corrected chi connectivity index (χ1v) is 5.41. The van der Waals surface area contributed by atoms with Gasteiger partial charge in [-0.3, -0.25) is 0 Å². The van der Waals surface area contributed by atoms with Crippen molar-refractivity contribution < 1.29 is 0 Å². The van der Waals surface area contributed by atoms with Gasteiger partial charge in [-0.05, 0) is 37.1 Å². The normalized spacial score (nSPS) is 29.9. The number of nitrogens with two attached hydrogens (primary N) is 1. The van der Waals surface area contributed by atoms with Crippen LogP contribution in [0.25, 0.3) is 0 Å². The number of nitrogens with zero attached hydrogens (tertiary/aromatic N) is 1. The molecule has 0 bridgehead atoms. The summed E-state index contributed by atoms with van der Waals surface area (Å²) in [6.07, 6.45) is 14.3. The topological polar surface area (TPSA) is 29.3 Å². The number of rotatable bonds is 2. The first kappa shape index (κ1) is 9.53. The lowest BCUT2D eigenvalue weighted by atomic mass is 9.97. The molecule has 0 saturated carbocycles. The molecule has 0 aromatic heterocycles. The second kappa shape index (κ2) is 4.47. The van der Waals surface area contributed by atoms with Gasteiger partial charge in [0.1, 0.15) is 0 Å². The van der Waals surface area contributed by atoms with Crippen LogP contribution in [0.15, 0.2) is 36.1 Å². The standard InChI is InChI=1S/C12H18N2/c13-12-7-2-1-5-11(12)6-3-8-14-9-4-10-14/h1,3,5-6,8,12H,2,4,7,9-10,13H2/b8-3+,11-6-. The van der Waals surface area contributed by atoms with Crippen molar-refractivity contribution in [2.24, 2.45) is 5.73 Å². The first-order valence-electron chi connectivity index (χ1n) is 5.41. The van der Waals surface area contributed by atoms with E-state index in [4.69, 9.17) is 5.73 Å². The molecule has 2 heteroatoms. The minimum absolute atomic E-state index is 0.237. The lowest BCUT2D eigenvalue weighted by Crippen LogP contribution is -2.31. The van der Waals surface area contributed by atoms with Crippen molar-refractivity contribution in [2.45, 2.75) is 25.3 Å². The fourth-order valence-corrected chi connectivity index (χ4v) is 1.73. The van der Waals surface area contributed by atoms with Crippen LogP contribution < -0.4 is 5.73 Å². The summed E-state index contributed by atoms with van der Waals surface area (Å²) >= 11 is 0. The number of likely N-dealkylation sites (tertiary alicyclic amines) is 1. The molecule has 1 fully saturated rings. The van der Waals surface area contributed by atoms with Crippen molar-refractivity contribution in [3.63, 3.8) is 0 Å². The second-order valence-corrected chi connectivity index (χ2v) is 3.98. The zero-order chi connectivity index (χ0) is 9.80. The third kappa shape index (κ3) is 2.26. The maximum absolute atomic E-state index is 5.98. The van der Waals surface area contributed by atoms with Crippen LogP contribution >= 0.6 is 0 Å². The number of hydrogen-bond acceptors (Lipinski definition) is 2.